The second-order valence-electron chi connectivity index (χ2n) is 6.65. The SMILES string of the molecule is CC(C)N1CN(CC2CCCO2)c2nc3ccccc3n2C1. The van der Waals surface area contributed by atoms with Gasteiger partial charge in [-0.3, -0.25) is 9.47 Å². The molecule has 0 spiro atoms. The van der Waals surface area contributed by atoms with E-state index in [9.17, 15) is 0 Å². The van der Waals surface area contributed by atoms with E-state index in [0.717, 1.165) is 38.0 Å². The van der Waals surface area contributed by atoms with Crippen LogP contribution in [0, 0.1) is 0 Å². The Kier molecular flexibility index (Phi) is 3.54. The molecule has 0 bridgehead atoms. The highest BCUT2D eigenvalue weighted by Gasteiger charge is 2.29. The Labute approximate surface area is 131 Å². The fourth-order valence-corrected chi connectivity index (χ4v) is 3.45. The minimum atomic E-state index is 0.348. The van der Waals surface area contributed by atoms with Gasteiger partial charge in [0.15, 0.2) is 0 Å². The van der Waals surface area contributed by atoms with E-state index in [4.69, 9.17) is 9.72 Å². The zero-order valence-electron chi connectivity index (χ0n) is 13.4. The number of para-hydroxylation sites is 2. The maximum Gasteiger partial charge on any atom is 0.208 e. The Morgan fingerprint density at radius 3 is 2.91 bits per heavy atom. The van der Waals surface area contributed by atoms with Crippen molar-refractivity contribution in [1.29, 1.82) is 0 Å². The van der Waals surface area contributed by atoms with Crippen LogP contribution in [0.1, 0.15) is 26.7 Å². The number of hydrogen-bond acceptors (Lipinski definition) is 4. The molecule has 2 aromatic rings. The van der Waals surface area contributed by atoms with Gasteiger partial charge in [0.2, 0.25) is 5.95 Å². The molecule has 1 saturated heterocycles. The Bertz CT molecular complexity index is 660. The molecule has 3 heterocycles. The van der Waals surface area contributed by atoms with Crippen LogP contribution in [0.4, 0.5) is 5.95 Å². The summed E-state index contributed by atoms with van der Waals surface area (Å²) < 4.78 is 8.18. The number of rotatable bonds is 3. The Balaban J connectivity index is 1.71. The van der Waals surface area contributed by atoms with Gasteiger partial charge in [0.1, 0.15) is 0 Å². The third-order valence-corrected chi connectivity index (χ3v) is 4.77. The van der Waals surface area contributed by atoms with Crippen molar-refractivity contribution in [1.82, 2.24) is 14.5 Å². The molecule has 2 aliphatic rings. The Morgan fingerprint density at radius 2 is 2.14 bits per heavy atom. The molecule has 118 valence electrons. The quantitative estimate of drug-likeness (QED) is 0.872. The lowest BCUT2D eigenvalue weighted by Gasteiger charge is -2.40. The van der Waals surface area contributed by atoms with Gasteiger partial charge in [-0.1, -0.05) is 12.1 Å². The highest BCUT2D eigenvalue weighted by molar-refractivity contribution is 5.79. The number of nitrogens with zero attached hydrogens (tertiary/aromatic N) is 4. The topological polar surface area (TPSA) is 33.5 Å². The number of benzene rings is 1. The maximum absolute atomic E-state index is 5.84. The van der Waals surface area contributed by atoms with Crippen molar-refractivity contribution in [3.63, 3.8) is 0 Å². The maximum atomic E-state index is 5.84. The predicted molar refractivity (Wildman–Crippen MR) is 87.9 cm³/mol. The lowest BCUT2D eigenvalue weighted by molar-refractivity contribution is 0.101. The third kappa shape index (κ3) is 2.38. The van der Waals surface area contributed by atoms with E-state index in [-0.39, 0.29) is 0 Å². The van der Waals surface area contributed by atoms with Crippen molar-refractivity contribution in [2.75, 3.05) is 24.7 Å². The predicted octanol–water partition coefficient (Wildman–Crippen LogP) is 2.66. The van der Waals surface area contributed by atoms with Crippen molar-refractivity contribution in [3.8, 4) is 0 Å². The molecular formula is C17H24N4O. The van der Waals surface area contributed by atoms with Crippen molar-refractivity contribution in [2.45, 2.75) is 45.5 Å². The molecule has 22 heavy (non-hydrogen) atoms. The number of fused-ring (bicyclic) bond motifs is 3. The lowest BCUT2D eigenvalue weighted by Crippen LogP contribution is -2.50. The number of hydrogen-bond donors (Lipinski definition) is 0. The van der Waals surface area contributed by atoms with E-state index in [0.29, 0.717) is 12.1 Å². The van der Waals surface area contributed by atoms with Gasteiger partial charge in [-0.25, -0.2) is 4.98 Å². The normalized spacial score (nSPS) is 22.7. The van der Waals surface area contributed by atoms with Crippen LogP contribution < -0.4 is 4.90 Å². The van der Waals surface area contributed by atoms with E-state index >= 15 is 0 Å². The first kappa shape index (κ1) is 14.0. The summed E-state index contributed by atoms with van der Waals surface area (Å²) in [6, 6.07) is 8.94. The zero-order valence-corrected chi connectivity index (χ0v) is 13.4. The van der Waals surface area contributed by atoms with Crippen molar-refractivity contribution >= 4 is 17.0 Å². The number of ether oxygens (including phenoxy) is 1. The standard InChI is InChI=1S/C17H24N4O/c1-13(2)20-11-19(10-14-6-5-9-22-14)17-18-15-7-3-4-8-16(15)21(17)12-20/h3-4,7-8,13-14H,5-6,9-12H2,1-2H3. The second-order valence-corrected chi connectivity index (χ2v) is 6.65. The smallest absolute Gasteiger partial charge is 0.208 e. The summed E-state index contributed by atoms with van der Waals surface area (Å²) in [5.41, 5.74) is 2.31. The third-order valence-electron chi connectivity index (χ3n) is 4.77. The van der Waals surface area contributed by atoms with Gasteiger partial charge in [-0.15, -0.1) is 0 Å². The molecule has 1 aromatic carbocycles. The highest BCUT2D eigenvalue weighted by atomic mass is 16.5. The monoisotopic (exact) mass is 300 g/mol. The Hall–Kier alpha value is -1.59. The van der Waals surface area contributed by atoms with Crippen LogP contribution in [0.5, 0.6) is 0 Å². The van der Waals surface area contributed by atoms with E-state index in [2.05, 4.69) is 52.5 Å². The van der Waals surface area contributed by atoms with Gasteiger partial charge >= 0.3 is 0 Å². The molecule has 0 saturated carbocycles. The first-order chi connectivity index (χ1) is 10.7. The fraction of sp³-hybridized carbons (Fsp3) is 0.588. The van der Waals surface area contributed by atoms with Crippen molar-refractivity contribution < 1.29 is 4.74 Å². The average Bonchev–Trinajstić information content (AvgIpc) is 3.14. The van der Waals surface area contributed by atoms with Gasteiger partial charge < -0.3 is 9.64 Å². The lowest BCUT2D eigenvalue weighted by atomic mass is 10.2. The number of anilines is 1. The van der Waals surface area contributed by atoms with Crippen LogP contribution in [-0.4, -0.2) is 46.4 Å². The molecule has 0 radical (unpaired) electrons. The highest BCUT2D eigenvalue weighted by Crippen LogP contribution is 2.28. The van der Waals surface area contributed by atoms with E-state index in [1.54, 1.807) is 0 Å². The number of aromatic nitrogens is 2. The summed E-state index contributed by atoms with van der Waals surface area (Å²) in [7, 11) is 0. The molecule has 1 fully saturated rings. The van der Waals surface area contributed by atoms with Crippen molar-refractivity contribution in [2.24, 2.45) is 0 Å². The fourth-order valence-electron chi connectivity index (χ4n) is 3.45. The molecule has 0 N–H and O–H groups in total. The minimum Gasteiger partial charge on any atom is -0.376 e. The van der Waals surface area contributed by atoms with Gasteiger partial charge in [0, 0.05) is 19.2 Å². The summed E-state index contributed by atoms with van der Waals surface area (Å²) in [6.45, 7) is 8.20. The first-order valence-electron chi connectivity index (χ1n) is 8.28. The molecule has 2 aliphatic heterocycles. The van der Waals surface area contributed by atoms with Crippen LogP contribution in [0.15, 0.2) is 24.3 Å². The van der Waals surface area contributed by atoms with Gasteiger partial charge in [0.05, 0.1) is 30.5 Å². The van der Waals surface area contributed by atoms with E-state index in [1.165, 1.54) is 18.4 Å². The molecule has 5 nitrogen and oxygen atoms in total. The Morgan fingerprint density at radius 1 is 1.27 bits per heavy atom. The second kappa shape index (κ2) is 5.56. The molecule has 4 rings (SSSR count). The zero-order chi connectivity index (χ0) is 15.1. The molecule has 5 heteroatoms. The van der Waals surface area contributed by atoms with Crippen LogP contribution in [0.25, 0.3) is 11.0 Å². The van der Waals surface area contributed by atoms with E-state index in [1.807, 2.05) is 0 Å². The van der Waals surface area contributed by atoms with Crippen LogP contribution in [0.3, 0.4) is 0 Å². The van der Waals surface area contributed by atoms with Gasteiger partial charge in [-0.2, -0.15) is 0 Å². The molecule has 1 atom stereocenters. The molecular weight excluding hydrogens is 276 g/mol. The van der Waals surface area contributed by atoms with Crippen LogP contribution >= 0.6 is 0 Å². The van der Waals surface area contributed by atoms with Gasteiger partial charge in [0.25, 0.3) is 0 Å². The summed E-state index contributed by atoms with van der Waals surface area (Å²) in [4.78, 5) is 9.75. The summed E-state index contributed by atoms with van der Waals surface area (Å²) in [5, 5.41) is 0. The van der Waals surface area contributed by atoms with Crippen LogP contribution in [-0.2, 0) is 11.4 Å². The number of imidazole rings is 1. The first-order valence-corrected chi connectivity index (χ1v) is 8.28. The largest absolute Gasteiger partial charge is 0.376 e. The van der Waals surface area contributed by atoms with Crippen molar-refractivity contribution in [3.05, 3.63) is 24.3 Å². The minimum absolute atomic E-state index is 0.348. The molecule has 1 unspecified atom stereocenters. The van der Waals surface area contributed by atoms with Gasteiger partial charge in [-0.05, 0) is 38.8 Å². The summed E-state index contributed by atoms with van der Waals surface area (Å²) in [6.07, 6.45) is 2.70. The van der Waals surface area contributed by atoms with Crippen LogP contribution in [0.2, 0.25) is 0 Å². The average molecular weight is 300 g/mol. The molecule has 0 aliphatic carbocycles. The summed E-state index contributed by atoms with van der Waals surface area (Å²) in [5.74, 6) is 1.09. The van der Waals surface area contributed by atoms with E-state index < -0.39 is 0 Å². The summed E-state index contributed by atoms with van der Waals surface area (Å²) >= 11 is 0. The molecule has 1 aromatic heterocycles. The molecule has 0 amide bonds.